The molecule has 5 heteroatoms. The van der Waals surface area contributed by atoms with Gasteiger partial charge in [-0.25, -0.2) is 4.39 Å². The molecule has 1 aromatic rings. The fourth-order valence-electron chi connectivity index (χ4n) is 1.81. The van der Waals surface area contributed by atoms with Crippen LogP contribution in [0.15, 0.2) is 18.2 Å². The molecule has 0 saturated heterocycles. The van der Waals surface area contributed by atoms with Gasteiger partial charge in [0.1, 0.15) is 5.82 Å². The molecule has 0 aliphatic carbocycles. The predicted molar refractivity (Wildman–Crippen MR) is 58.4 cm³/mol. The summed E-state index contributed by atoms with van der Waals surface area (Å²) in [6, 6.07) is 3.92. The molecule has 4 nitrogen and oxygen atoms in total. The maximum Gasteiger partial charge on any atom is 0.303 e. The Morgan fingerprint density at radius 2 is 1.76 bits per heavy atom. The lowest BCUT2D eigenvalue weighted by Crippen LogP contribution is -2.12. The zero-order chi connectivity index (χ0) is 13.0. The Morgan fingerprint density at radius 1 is 1.24 bits per heavy atom. The van der Waals surface area contributed by atoms with Crippen molar-refractivity contribution in [3.63, 3.8) is 0 Å². The summed E-state index contributed by atoms with van der Waals surface area (Å²) in [4.78, 5) is 21.4. The number of halogens is 1. The molecule has 0 bridgehead atoms. The highest BCUT2D eigenvalue weighted by atomic mass is 19.1. The van der Waals surface area contributed by atoms with Gasteiger partial charge in [0.2, 0.25) is 0 Å². The van der Waals surface area contributed by atoms with E-state index in [4.69, 9.17) is 10.2 Å². The Kier molecular flexibility index (Phi) is 4.20. The van der Waals surface area contributed by atoms with E-state index in [1.807, 2.05) is 0 Å². The Bertz CT molecular complexity index is 426. The third kappa shape index (κ3) is 3.86. The van der Waals surface area contributed by atoms with Crippen LogP contribution >= 0.6 is 0 Å². The maximum absolute atomic E-state index is 12.9. The molecular formula is C12H13FO4. The number of hydrogen-bond acceptors (Lipinski definition) is 2. The highest BCUT2D eigenvalue weighted by molar-refractivity contribution is 5.72. The van der Waals surface area contributed by atoms with E-state index in [1.54, 1.807) is 6.92 Å². The van der Waals surface area contributed by atoms with Gasteiger partial charge in [-0.15, -0.1) is 0 Å². The number of rotatable bonds is 5. The summed E-state index contributed by atoms with van der Waals surface area (Å²) in [6.45, 7) is 1.63. The van der Waals surface area contributed by atoms with E-state index in [0.717, 1.165) is 0 Å². The van der Waals surface area contributed by atoms with Crippen molar-refractivity contribution in [2.24, 2.45) is 0 Å². The lowest BCUT2D eigenvalue weighted by molar-refractivity contribution is -0.139. The van der Waals surface area contributed by atoms with Crippen LogP contribution in [0.2, 0.25) is 0 Å². The molecule has 92 valence electrons. The molecule has 0 aliphatic rings. The fourth-order valence-corrected chi connectivity index (χ4v) is 1.81. The number of carboxylic acids is 2. The molecule has 0 saturated carbocycles. The van der Waals surface area contributed by atoms with Crippen LogP contribution in [0.5, 0.6) is 0 Å². The third-order valence-corrected chi connectivity index (χ3v) is 2.51. The molecule has 1 aromatic carbocycles. The van der Waals surface area contributed by atoms with Crippen molar-refractivity contribution in [3.05, 3.63) is 35.1 Å². The van der Waals surface area contributed by atoms with Crippen molar-refractivity contribution in [1.82, 2.24) is 0 Å². The van der Waals surface area contributed by atoms with Crippen LogP contribution < -0.4 is 0 Å². The van der Waals surface area contributed by atoms with Gasteiger partial charge in [-0.2, -0.15) is 0 Å². The van der Waals surface area contributed by atoms with Crippen LogP contribution in [0.1, 0.15) is 29.9 Å². The van der Waals surface area contributed by atoms with Gasteiger partial charge in [0.15, 0.2) is 0 Å². The average molecular weight is 240 g/mol. The van der Waals surface area contributed by atoms with Crippen molar-refractivity contribution in [1.29, 1.82) is 0 Å². The molecule has 0 spiro atoms. The fraction of sp³-hybridized carbons (Fsp3) is 0.333. The first-order valence-corrected chi connectivity index (χ1v) is 5.09. The first-order chi connectivity index (χ1) is 7.90. The zero-order valence-corrected chi connectivity index (χ0v) is 9.31. The summed E-state index contributed by atoms with van der Waals surface area (Å²) >= 11 is 0. The summed E-state index contributed by atoms with van der Waals surface area (Å²) in [5, 5.41) is 17.5. The Labute approximate surface area is 97.7 Å². The molecular weight excluding hydrogens is 227 g/mol. The van der Waals surface area contributed by atoms with Gasteiger partial charge in [-0.3, -0.25) is 9.59 Å². The second kappa shape index (κ2) is 5.43. The monoisotopic (exact) mass is 240 g/mol. The SMILES string of the molecule is Cc1cc(F)ccc1C(CC(=O)O)CC(=O)O. The second-order valence-corrected chi connectivity index (χ2v) is 3.89. The summed E-state index contributed by atoms with van der Waals surface area (Å²) in [6.07, 6.45) is -0.558. The Morgan fingerprint density at radius 3 is 2.18 bits per heavy atom. The number of carbonyl (C=O) groups is 2. The van der Waals surface area contributed by atoms with Gasteiger partial charge in [0, 0.05) is 5.92 Å². The van der Waals surface area contributed by atoms with Crippen LogP contribution in [0.25, 0.3) is 0 Å². The van der Waals surface area contributed by atoms with Gasteiger partial charge >= 0.3 is 11.9 Å². The van der Waals surface area contributed by atoms with E-state index in [-0.39, 0.29) is 12.8 Å². The third-order valence-electron chi connectivity index (χ3n) is 2.51. The van der Waals surface area contributed by atoms with Gasteiger partial charge in [0.25, 0.3) is 0 Å². The van der Waals surface area contributed by atoms with E-state index in [1.165, 1.54) is 18.2 Å². The lowest BCUT2D eigenvalue weighted by Gasteiger charge is -2.15. The van der Waals surface area contributed by atoms with Crippen LogP contribution in [0, 0.1) is 12.7 Å². The van der Waals surface area contributed by atoms with Gasteiger partial charge in [-0.1, -0.05) is 6.07 Å². The molecule has 1 rings (SSSR count). The Hall–Kier alpha value is -1.91. The highest BCUT2D eigenvalue weighted by Gasteiger charge is 2.20. The molecule has 0 atom stereocenters. The molecule has 0 amide bonds. The number of aryl methyl sites for hydroxylation is 1. The first kappa shape index (κ1) is 13.2. The van der Waals surface area contributed by atoms with Crippen molar-refractivity contribution in [3.8, 4) is 0 Å². The van der Waals surface area contributed by atoms with Crippen LogP contribution in [-0.2, 0) is 9.59 Å². The normalized spacial score (nSPS) is 10.5. The molecule has 0 heterocycles. The number of benzene rings is 1. The molecule has 0 unspecified atom stereocenters. The topological polar surface area (TPSA) is 74.6 Å². The van der Waals surface area contributed by atoms with Crippen molar-refractivity contribution < 1.29 is 24.2 Å². The lowest BCUT2D eigenvalue weighted by atomic mass is 9.89. The standard InChI is InChI=1S/C12H13FO4/c1-7-4-9(13)2-3-10(7)8(5-11(14)15)6-12(16)17/h2-4,8H,5-6H2,1H3,(H,14,15)(H,16,17). The van der Waals surface area contributed by atoms with E-state index in [9.17, 15) is 14.0 Å². The van der Waals surface area contributed by atoms with Gasteiger partial charge in [-0.05, 0) is 30.2 Å². The van der Waals surface area contributed by atoms with E-state index in [2.05, 4.69) is 0 Å². The van der Waals surface area contributed by atoms with Gasteiger partial charge in [0.05, 0.1) is 12.8 Å². The molecule has 0 aliphatic heterocycles. The van der Waals surface area contributed by atoms with E-state index >= 15 is 0 Å². The minimum Gasteiger partial charge on any atom is -0.481 e. The maximum atomic E-state index is 12.9. The number of carboxylic acid groups (broad SMARTS) is 2. The summed E-state index contributed by atoms with van der Waals surface area (Å²) < 4.78 is 12.9. The average Bonchev–Trinajstić information content (AvgIpc) is 2.14. The molecule has 2 N–H and O–H groups in total. The quantitative estimate of drug-likeness (QED) is 0.827. The summed E-state index contributed by atoms with van der Waals surface area (Å²) in [5.74, 6) is -3.19. The minimum atomic E-state index is -1.07. The van der Waals surface area contributed by atoms with E-state index < -0.39 is 23.7 Å². The largest absolute Gasteiger partial charge is 0.481 e. The number of aliphatic carboxylic acids is 2. The minimum absolute atomic E-state index is 0.279. The number of hydrogen-bond donors (Lipinski definition) is 2. The van der Waals surface area contributed by atoms with Gasteiger partial charge < -0.3 is 10.2 Å². The van der Waals surface area contributed by atoms with Crippen molar-refractivity contribution >= 4 is 11.9 Å². The smallest absolute Gasteiger partial charge is 0.303 e. The van der Waals surface area contributed by atoms with Crippen LogP contribution in [-0.4, -0.2) is 22.2 Å². The summed E-state index contributed by atoms with van der Waals surface area (Å²) in [7, 11) is 0. The summed E-state index contributed by atoms with van der Waals surface area (Å²) in [5.41, 5.74) is 1.13. The van der Waals surface area contributed by atoms with Crippen LogP contribution in [0.3, 0.4) is 0 Å². The van der Waals surface area contributed by atoms with Crippen LogP contribution in [0.4, 0.5) is 4.39 Å². The molecule has 17 heavy (non-hydrogen) atoms. The first-order valence-electron chi connectivity index (χ1n) is 5.09. The molecule has 0 radical (unpaired) electrons. The Balaban J connectivity index is 3.02. The van der Waals surface area contributed by atoms with E-state index in [0.29, 0.717) is 11.1 Å². The highest BCUT2D eigenvalue weighted by Crippen LogP contribution is 2.27. The van der Waals surface area contributed by atoms with Crippen molar-refractivity contribution in [2.75, 3.05) is 0 Å². The molecule has 0 aromatic heterocycles. The second-order valence-electron chi connectivity index (χ2n) is 3.89. The molecule has 0 fully saturated rings. The zero-order valence-electron chi connectivity index (χ0n) is 9.31. The predicted octanol–water partition coefficient (Wildman–Crippen LogP) is 2.17. The van der Waals surface area contributed by atoms with Crippen molar-refractivity contribution in [2.45, 2.75) is 25.7 Å².